The van der Waals surface area contributed by atoms with E-state index in [1.54, 1.807) is 24.3 Å². The first kappa shape index (κ1) is 20.3. The van der Waals surface area contributed by atoms with Crippen LogP contribution in [0.4, 0.5) is 5.69 Å². The molecule has 1 N–H and O–H groups in total. The summed E-state index contributed by atoms with van der Waals surface area (Å²) < 4.78 is 6.05. The highest BCUT2D eigenvalue weighted by molar-refractivity contribution is 5.96. The van der Waals surface area contributed by atoms with Crippen LogP contribution in [0.3, 0.4) is 0 Å². The number of benzene rings is 3. The molecule has 0 heterocycles. The van der Waals surface area contributed by atoms with Gasteiger partial charge in [0.15, 0.2) is 5.78 Å². The van der Waals surface area contributed by atoms with Crippen LogP contribution in [-0.2, 0) is 4.79 Å². The van der Waals surface area contributed by atoms with Gasteiger partial charge in [0.25, 0.3) is 5.91 Å². The molecule has 148 valence electrons. The van der Waals surface area contributed by atoms with Crippen molar-refractivity contribution >= 4 is 17.4 Å². The number of ketones is 1. The molecule has 0 aliphatic heterocycles. The third-order valence-corrected chi connectivity index (χ3v) is 4.74. The Bertz CT molecular complexity index is 994. The van der Waals surface area contributed by atoms with E-state index < -0.39 is 6.10 Å². The Hall–Kier alpha value is -3.40. The maximum atomic E-state index is 13.1. The van der Waals surface area contributed by atoms with E-state index in [0.29, 0.717) is 17.7 Å². The molecule has 0 saturated heterocycles. The van der Waals surface area contributed by atoms with Gasteiger partial charge < -0.3 is 10.1 Å². The molecule has 1 amide bonds. The van der Waals surface area contributed by atoms with Gasteiger partial charge >= 0.3 is 0 Å². The number of carbonyl (C=O) groups is 2. The van der Waals surface area contributed by atoms with Gasteiger partial charge in [-0.1, -0.05) is 49.4 Å². The van der Waals surface area contributed by atoms with E-state index in [1.807, 2.05) is 69.3 Å². The second kappa shape index (κ2) is 9.20. The standard InChI is InChI=1S/C25H25NO3/c1-4-23(27)19-12-14-21(15-13-19)29-24(20-8-6-5-7-9-20)25(28)26-22-16-17(2)10-11-18(22)3/h5-16,24H,4H2,1-3H3,(H,26,28)/t24-/m0/s1. The fraction of sp³-hybridized carbons (Fsp3) is 0.200. The SMILES string of the molecule is CCC(=O)c1ccc(O[C@H](C(=O)Nc2cc(C)ccc2C)c2ccccc2)cc1. The molecule has 0 saturated carbocycles. The van der Waals surface area contributed by atoms with Gasteiger partial charge in [-0.3, -0.25) is 9.59 Å². The van der Waals surface area contributed by atoms with Crippen LogP contribution >= 0.6 is 0 Å². The average molecular weight is 387 g/mol. The second-order valence-corrected chi connectivity index (χ2v) is 7.02. The van der Waals surface area contributed by atoms with Crippen molar-refractivity contribution in [1.82, 2.24) is 0 Å². The topological polar surface area (TPSA) is 55.4 Å². The number of hydrogen-bond acceptors (Lipinski definition) is 3. The molecule has 29 heavy (non-hydrogen) atoms. The highest BCUT2D eigenvalue weighted by Crippen LogP contribution is 2.25. The zero-order chi connectivity index (χ0) is 20.8. The minimum Gasteiger partial charge on any atom is -0.476 e. The predicted octanol–water partition coefficient (Wildman–Crippen LogP) is 5.65. The van der Waals surface area contributed by atoms with E-state index in [-0.39, 0.29) is 11.7 Å². The van der Waals surface area contributed by atoms with Gasteiger partial charge in [-0.2, -0.15) is 0 Å². The van der Waals surface area contributed by atoms with Crippen molar-refractivity contribution < 1.29 is 14.3 Å². The highest BCUT2D eigenvalue weighted by Gasteiger charge is 2.23. The number of rotatable bonds is 7. The molecule has 0 fully saturated rings. The Morgan fingerprint density at radius 2 is 1.62 bits per heavy atom. The lowest BCUT2D eigenvalue weighted by atomic mass is 10.1. The molecule has 0 bridgehead atoms. The number of hydrogen-bond donors (Lipinski definition) is 1. The molecule has 0 radical (unpaired) electrons. The first-order valence-electron chi connectivity index (χ1n) is 9.71. The van der Waals surface area contributed by atoms with E-state index in [4.69, 9.17) is 4.74 Å². The van der Waals surface area contributed by atoms with Crippen LogP contribution in [0.15, 0.2) is 72.8 Å². The number of aryl methyl sites for hydroxylation is 2. The monoisotopic (exact) mass is 387 g/mol. The summed E-state index contributed by atoms with van der Waals surface area (Å²) in [6, 6.07) is 22.2. The Kier molecular flexibility index (Phi) is 6.45. The Labute approximate surface area is 171 Å². The van der Waals surface area contributed by atoms with E-state index in [1.165, 1.54) is 0 Å². The van der Waals surface area contributed by atoms with Crippen molar-refractivity contribution in [1.29, 1.82) is 0 Å². The summed E-state index contributed by atoms with van der Waals surface area (Å²) in [5.74, 6) is 0.352. The van der Waals surface area contributed by atoms with Gasteiger partial charge in [0.05, 0.1) is 0 Å². The smallest absolute Gasteiger partial charge is 0.270 e. The normalized spacial score (nSPS) is 11.6. The summed E-state index contributed by atoms with van der Waals surface area (Å²) in [5.41, 5.74) is 4.21. The van der Waals surface area contributed by atoms with Gasteiger partial charge in [0.1, 0.15) is 5.75 Å². The third-order valence-electron chi connectivity index (χ3n) is 4.74. The van der Waals surface area contributed by atoms with E-state index in [2.05, 4.69) is 5.32 Å². The first-order valence-corrected chi connectivity index (χ1v) is 9.71. The molecule has 3 rings (SSSR count). The average Bonchev–Trinajstić information content (AvgIpc) is 2.75. The molecule has 4 heteroatoms. The van der Waals surface area contributed by atoms with Crippen LogP contribution in [0, 0.1) is 13.8 Å². The zero-order valence-electron chi connectivity index (χ0n) is 16.9. The van der Waals surface area contributed by atoms with Crippen molar-refractivity contribution in [2.24, 2.45) is 0 Å². The molecule has 0 aromatic heterocycles. The molecule has 1 atom stereocenters. The van der Waals surface area contributed by atoms with Gasteiger partial charge in [-0.25, -0.2) is 0 Å². The summed E-state index contributed by atoms with van der Waals surface area (Å²) in [5, 5.41) is 2.99. The van der Waals surface area contributed by atoms with Crippen LogP contribution in [0.25, 0.3) is 0 Å². The van der Waals surface area contributed by atoms with Crippen LogP contribution in [0.1, 0.15) is 46.5 Å². The molecule has 0 unspecified atom stereocenters. The summed E-state index contributed by atoms with van der Waals surface area (Å²) in [6.07, 6.45) is -0.366. The van der Waals surface area contributed by atoms with Crippen molar-refractivity contribution in [3.05, 3.63) is 95.1 Å². The van der Waals surface area contributed by atoms with E-state index in [9.17, 15) is 9.59 Å². The van der Waals surface area contributed by atoms with Crippen LogP contribution in [0.2, 0.25) is 0 Å². The summed E-state index contributed by atoms with van der Waals surface area (Å²) in [7, 11) is 0. The fourth-order valence-corrected chi connectivity index (χ4v) is 3.03. The summed E-state index contributed by atoms with van der Waals surface area (Å²) in [4.78, 5) is 24.9. The molecular formula is C25H25NO3. The number of anilines is 1. The van der Waals surface area contributed by atoms with Crippen molar-refractivity contribution in [3.8, 4) is 5.75 Å². The quantitative estimate of drug-likeness (QED) is 0.533. The molecular weight excluding hydrogens is 362 g/mol. The Balaban J connectivity index is 1.86. The molecule has 3 aromatic carbocycles. The fourth-order valence-electron chi connectivity index (χ4n) is 3.03. The van der Waals surface area contributed by atoms with Gasteiger partial charge in [-0.15, -0.1) is 0 Å². The lowest BCUT2D eigenvalue weighted by molar-refractivity contribution is -0.123. The number of carbonyl (C=O) groups excluding carboxylic acids is 2. The number of amides is 1. The van der Waals surface area contributed by atoms with Crippen molar-refractivity contribution in [2.75, 3.05) is 5.32 Å². The lowest BCUT2D eigenvalue weighted by Gasteiger charge is -2.20. The second-order valence-electron chi connectivity index (χ2n) is 7.02. The predicted molar refractivity (Wildman–Crippen MR) is 115 cm³/mol. The van der Waals surface area contributed by atoms with Crippen LogP contribution < -0.4 is 10.1 Å². The highest BCUT2D eigenvalue weighted by atomic mass is 16.5. The first-order chi connectivity index (χ1) is 14.0. The number of nitrogens with one attached hydrogen (secondary N) is 1. The van der Waals surface area contributed by atoms with Crippen molar-refractivity contribution in [2.45, 2.75) is 33.3 Å². The van der Waals surface area contributed by atoms with E-state index in [0.717, 1.165) is 22.4 Å². The van der Waals surface area contributed by atoms with Gasteiger partial charge in [0.2, 0.25) is 6.10 Å². The van der Waals surface area contributed by atoms with Crippen molar-refractivity contribution in [3.63, 3.8) is 0 Å². The van der Waals surface area contributed by atoms with Gasteiger partial charge in [-0.05, 0) is 55.3 Å². The molecule has 0 aliphatic carbocycles. The van der Waals surface area contributed by atoms with Crippen LogP contribution in [-0.4, -0.2) is 11.7 Å². The lowest BCUT2D eigenvalue weighted by Crippen LogP contribution is -2.26. The minimum atomic E-state index is -0.816. The molecule has 3 aromatic rings. The largest absolute Gasteiger partial charge is 0.476 e. The Morgan fingerprint density at radius 3 is 2.28 bits per heavy atom. The molecule has 0 aliphatic rings. The van der Waals surface area contributed by atoms with Gasteiger partial charge in [0, 0.05) is 23.2 Å². The molecule has 0 spiro atoms. The third kappa shape index (κ3) is 5.11. The maximum absolute atomic E-state index is 13.1. The van der Waals surface area contributed by atoms with Crippen LogP contribution in [0.5, 0.6) is 5.75 Å². The molecule has 4 nitrogen and oxygen atoms in total. The number of Topliss-reactive ketones (excluding diaryl/α,β-unsaturated/α-hetero) is 1. The summed E-state index contributed by atoms with van der Waals surface area (Å²) >= 11 is 0. The van der Waals surface area contributed by atoms with E-state index >= 15 is 0 Å². The number of ether oxygens (including phenoxy) is 1. The minimum absolute atomic E-state index is 0.0730. The Morgan fingerprint density at radius 1 is 0.931 bits per heavy atom. The summed E-state index contributed by atoms with van der Waals surface area (Å²) in [6.45, 7) is 5.77. The maximum Gasteiger partial charge on any atom is 0.270 e. The zero-order valence-corrected chi connectivity index (χ0v) is 16.9.